The quantitative estimate of drug-likeness (QED) is 0.848. The average Bonchev–Trinajstić information content (AvgIpc) is 2.39. The Morgan fingerprint density at radius 3 is 3.06 bits per heavy atom. The second kappa shape index (κ2) is 6.20. The van der Waals surface area contributed by atoms with Crippen molar-refractivity contribution in [1.82, 2.24) is 9.97 Å². The van der Waals surface area contributed by atoms with Gasteiger partial charge in [0.15, 0.2) is 16.7 Å². The third-order valence-electron chi connectivity index (χ3n) is 3.31. The summed E-state index contributed by atoms with van der Waals surface area (Å²) < 4.78 is 5.29. The van der Waals surface area contributed by atoms with Gasteiger partial charge in [0.05, 0.1) is 7.11 Å². The number of aromatic nitrogens is 2. The van der Waals surface area contributed by atoms with E-state index in [4.69, 9.17) is 21.4 Å². The molecule has 18 heavy (non-hydrogen) atoms. The third kappa shape index (κ3) is 2.67. The molecule has 0 spiro atoms. The van der Waals surface area contributed by atoms with Crippen LogP contribution in [0.25, 0.3) is 0 Å². The molecule has 1 atom stereocenters. The van der Waals surface area contributed by atoms with Gasteiger partial charge in [-0.05, 0) is 25.7 Å². The smallest absolute Gasteiger partial charge is 0.199 e. The van der Waals surface area contributed by atoms with Crippen LogP contribution >= 0.6 is 11.6 Å². The molecule has 1 aromatic heterocycles. The minimum Gasteiger partial charge on any atom is -0.490 e. The highest BCUT2D eigenvalue weighted by Gasteiger charge is 2.26. The molecule has 2 heterocycles. The standard InChI is InChI=1S/C12H18ClN3O2/c1-18-10-11(13)14-8-15-12(10)16-6-3-2-4-9(16)5-7-17/h8-9,17H,2-7H2,1H3. The molecule has 1 saturated heterocycles. The van der Waals surface area contributed by atoms with Crippen LogP contribution in [0.1, 0.15) is 25.7 Å². The van der Waals surface area contributed by atoms with E-state index in [0.717, 1.165) is 31.6 Å². The van der Waals surface area contributed by atoms with Crippen LogP contribution in [0.15, 0.2) is 6.33 Å². The zero-order chi connectivity index (χ0) is 13.0. The molecule has 5 nitrogen and oxygen atoms in total. The molecule has 100 valence electrons. The van der Waals surface area contributed by atoms with Crippen LogP contribution in [0.3, 0.4) is 0 Å². The lowest BCUT2D eigenvalue weighted by atomic mass is 9.99. The fourth-order valence-electron chi connectivity index (χ4n) is 2.45. The van der Waals surface area contributed by atoms with Crippen molar-refractivity contribution in [2.45, 2.75) is 31.7 Å². The van der Waals surface area contributed by atoms with E-state index >= 15 is 0 Å². The van der Waals surface area contributed by atoms with Crippen LogP contribution in [-0.2, 0) is 0 Å². The number of hydrogen-bond acceptors (Lipinski definition) is 5. The minimum atomic E-state index is 0.183. The molecule has 1 aliphatic heterocycles. The Bertz CT molecular complexity index is 401. The third-order valence-corrected chi connectivity index (χ3v) is 3.58. The molecule has 1 fully saturated rings. The van der Waals surface area contributed by atoms with Gasteiger partial charge in [0.1, 0.15) is 6.33 Å². The summed E-state index contributed by atoms with van der Waals surface area (Å²) in [6, 6.07) is 0.295. The van der Waals surface area contributed by atoms with Crippen molar-refractivity contribution >= 4 is 17.4 Å². The number of nitrogens with zero attached hydrogens (tertiary/aromatic N) is 3. The van der Waals surface area contributed by atoms with Crippen LogP contribution in [-0.4, -0.2) is 41.4 Å². The maximum atomic E-state index is 9.15. The van der Waals surface area contributed by atoms with E-state index in [1.54, 1.807) is 7.11 Å². The average molecular weight is 272 g/mol. The molecule has 0 bridgehead atoms. The first-order chi connectivity index (χ1) is 8.77. The largest absolute Gasteiger partial charge is 0.490 e. The summed E-state index contributed by atoms with van der Waals surface area (Å²) in [6.07, 6.45) is 5.55. The lowest BCUT2D eigenvalue weighted by molar-refractivity contribution is 0.261. The van der Waals surface area contributed by atoms with Crippen molar-refractivity contribution in [3.05, 3.63) is 11.5 Å². The molecule has 2 rings (SSSR count). The molecule has 0 saturated carbocycles. The number of methoxy groups -OCH3 is 1. The normalized spacial score (nSPS) is 19.9. The van der Waals surface area contributed by atoms with E-state index in [0.29, 0.717) is 16.9 Å². The van der Waals surface area contributed by atoms with Crippen molar-refractivity contribution in [1.29, 1.82) is 0 Å². The Kier molecular flexibility index (Phi) is 4.60. The highest BCUT2D eigenvalue weighted by Crippen LogP contribution is 2.35. The predicted octanol–water partition coefficient (Wildman–Crippen LogP) is 1.88. The first-order valence-electron chi connectivity index (χ1n) is 6.20. The second-order valence-corrected chi connectivity index (χ2v) is 4.73. The van der Waals surface area contributed by atoms with Gasteiger partial charge in [-0.2, -0.15) is 0 Å². The summed E-state index contributed by atoms with van der Waals surface area (Å²) in [5.74, 6) is 1.25. The minimum absolute atomic E-state index is 0.183. The molecule has 0 aliphatic carbocycles. The highest BCUT2D eigenvalue weighted by molar-refractivity contribution is 6.31. The van der Waals surface area contributed by atoms with Crippen molar-refractivity contribution < 1.29 is 9.84 Å². The fraction of sp³-hybridized carbons (Fsp3) is 0.667. The van der Waals surface area contributed by atoms with Crippen LogP contribution in [0.4, 0.5) is 5.82 Å². The first-order valence-corrected chi connectivity index (χ1v) is 6.57. The lowest BCUT2D eigenvalue weighted by Gasteiger charge is -2.37. The van der Waals surface area contributed by atoms with Crippen LogP contribution in [0.2, 0.25) is 5.15 Å². The van der Waals surface area contributed by atoms with E-state index < -0.39 is 0 Å². The summed E-state index contributed by atoms with van der Waals surface area (Å²) in [5, 5.41) is 9.48. The number of aliphatic hydroxyl groups is 1. The summed E-state index contributed by atoms with van der Waals surface area (Å²) in [4.78, 5) is 10.4. The zero-order valence-corrected chi connectivity index (χ0v) is 11.2. The summed E-state index contributed by atoms with van der Waals surface area (Å²) >= 11 is 6.02. The van der Waals surface area contributed by atoms with Crippen molar-refractivity contribution in [2.75, 3.05) is 25.2 Å². The number of ether oxygens (including phenoxy) is 1. The van der Waals surface area contributed by atoms with E-state index in [-0.39, 0.29) is 6.61 Å². The number of anilines is 1. The highest BCUT2D eigenvalue weighted by atomic mass is 35.5. The molecule has 1 aromatic rings. The van der Waals surface area contributed by atoms with E-state index in [2.05, 4.69) is 14.9 Å². The van der Waals surface area contributed by atoms with Gasteiger partial charge in [-0.1, -0.05) is 11.6 Å². The van der Waals surface area contributed by atoms with Crippen molar-refractivity contribution in [3.8, 4) is 5.75 Å². The molecule has 0 aromatic carbocycles. The van der Waals surface area contributed by atoms with Gasteiger partial charge in [0.25, 0.3) is 0 Å². The Hall–Kier alpha value is -1.07. The van der Waals surface area contributed by atoms with Crippen molar-refractivity contribution in [3.63, 3.8) is 0 Å². The maximum Gasteiger partial charge on any atom is 0.199 e. The van der Waals surface area contributed by atoms with Gasteiger partial charge >= 0.3 is 0 Å². The maximum absolute atomic E-state index is 9.15. The van der Waals surface area contributed by atoms with Crippen LogP contribution in [0, 0.1) is 0 Å². The summed E-state index contributed by atoms with van der Waals surface area (Å²) in [7, 11) is 1.57. The summed E-state index contributed by atoms with van der Waals surface area (Å²) in [6.45, 7) is 1.09. The topological polar surface area (TPSA) is 58.5 Å². The Morgan fingerprint density at radius 2 is 2.33 bits per heavy atom. The molecule has 1 unspecified atom stereocenters. The molecule has 6 heteroatoms. The van der Waals surface area contributed by atoms with Gasteiger partial charge in [-0.15, -0.1) is 0 Å². The van der Waals surface area contributed by atoms with Crippen LogP contribution < -0.4 is 9.64 Å². The van der Waals surface area contributed by atoms with Crippen molar-refractivity contribution in [2.24, 2.45) is 0 Å². The molecule has 1 N–H and O–H groups in total. The molecular weight excluding hydrogens is 254 g/mol. The predicted molar refractivity (Wildman–Crippen MR) is 70.3 cm³/mol. The fourth-order valence-corrected chi connectivity index (χ4v) is 2.66. The number of hydrogen-bond donors (Lipinski definition) is 1. The van der Waals surface area contributed by atoms with E-state index in [1.165, 1.54) is 12.7 Å². The lowest BCUT2D eigenvalue weighted by Crippen LogP contribution is -2.40. The molecule has 0 amide bonds. The molecule has 1 aliphatic rings. The van der Waals surface area contributed by atoms with Gasteiger partial charge in [0, 0.05) is 19.2 Å². The number of halogens is 1. The Labute approximate surface area is 112 Å². The van der Waals surface area contributed by atoms with E-state index in [1.807, 2.05) is 0 Å². The van der Waals surface area contributed by atoms with E-state index in [9.17, 15) is 0 Å². The Morgan fingerprint density at radius 1 is 1.50 bits per heavy atom. The summed E-state index contributed by atoms with van der Waals surface area (Å²) in [5.41, 5.74) is 0. The van der Waals surface area contributed by atoms with Crippen LogP contribution in [0.5, 0.6) is 5.75 Å². The molecular formula is C12H18ClN3O2. The number of aliphatic hydroxyl groups excluding tert-OH is 1. The molecule has 0 radical (unpaired) electrons. The Balaban J connectivity index is 2.30. The monoisotopic (exact) mass is 271 g/mol. The zero-order valence-electron chi connectivity index (χ0n) is 10.5. The second-order valence-electron chi connectivity index (χ2n) is 4.38. The van der Waals surface area contributed by atoms with Gasteiger partial charge in [-0.25, -0.2) is 9.97 Å². The van der Waals surface area contributed by atoms with Gasteiger partial charge < -0.3 is 14.7 Å². The number of piperidine rings is 1. The van der Waals surface area contributed by atoms with Gasteiger partial charge in [-0.3, -0.25) is 0 Å². The SMILES string of the molecule is COc1c(Cl)ncnc1N1CCCCC1CCO. The first kappa shape index (κ1) is 13.4. The number of rotatable bonds is 4. The van der Waals surface area contributed by atoms with Gasteiger partial charge in [0.2, 0.25) is 0 Å².